The minimum absolute atomic E-state index is 0.0411. The van der Waals surface area contributed by atoms with Gasteiger partial charge >= 0.3 is 4.87 Å². The van der Waals surface area contributed by atoms with Crippen LogP contribution in [0.3, 0.4) is 0 Å². The van der Waals surface area contributed by atoms with E-state index in [0.29, 0.717) is 6.54 Å². The van der Waals surface area contributed by atoms with E-state index in [-0.39, 0.29) is 4.87 Å². The molecule has 6 heteroatoms. The molecule has 1 aromatic carbocycles. The largest absolute Gasteiger partial charge is 0.398 e. The number of nitrogens with two attached hydrogens (primary N) is 1. The Morgan fingerprint density at radius 2 is 2.21 bits per heavy atom. The van der Waals surface area contributed by atoms with Crippen molar-refractivity contribution >= 4 is 33.5 Å². The zero-order chi connectivity index (χ0) is 13.2. The molecule has 96 valence electrons. The molecule has 3 rings (SSSR count). The van der Waals surface area contributed by atoms with Crippen LogP contribution >= 0.6 is 11.3 Å². The van der Waals surface area contributed by atoms with Crippen molar-refractivity contribution in [1.29, 1.82) is 0 Å². The second-order valence-corrected chi connectivity index (χ2v) is 4.99. The molecule has 0 spiro atoms. The Bertz CT molecular complexity index is 777. The van der Waals surface area contributed by atoms with E-state index in [4.69, 9.17) is 5.73 Å². The lowest BCUT2D eigenvalue weighted by atomic mass is 10.1. The minimum Gasteiger partial charge on any atom is -0.398 e. The second kappa shape index (κ2) is 4.74. The van der Waals surface area contributed by atoms with Crippen molar-refractivity contribution in [1.82, 2.24) is 9.97 Å². The number of hydrogen-bond donors (Lipinski definition) is 3. The Hall–Kier alpha value is -2.34. The highest BCUT2D eigenvalue weighted by Gasteiger charge is 2.04. The number of hydrogen-bond acceptors (Lipinski definition) is 5. The summed E-state index contributed by atoms with van der Waals surface area (Å²) in [6.07, 6.45) is 3.50. The topological polar surface area (TPSA) is 83.8 Å². The fourth-order valence-electron chi connectivity index (χ4n) is 1.96. The zero-order valence-corrected chi connectivity index (χ0v) is 10.8. The summed E-state index contributed by atoms with van der Waals surface area (Å²) in [6.45, 7) is 0.562. The van der Waals surface area contributed by atoms with E-state index in [1.165, 1.54) is 0 Å². The van der Waals surface area contributed by atoms with Gasteiger partial charge in [0, 0.05) is 45.6 Å². The highest BCUT2D eigenvalue weighted by atomic mass is 32.1. The van der Waals surface area contributed by atoms with Gasteiger partial charge in [0.15, 0.2) is 0 Å². The number of nitrogens with zero attached hydrogens (tertiary/aromatic N) is 1. The number of H-pyrrole nitrogens is 1. The van der Waals surface area contributed by atoms with Crippen LogP contribution in [-0.4, -0.2) is 9.97 Å². The van der Waals surface area contributed by atoms with Crippen LogP contribution in [0, 0.1) is 0 Å². The highest BCUT2D eigenvalue weighted by Crippen LogP contribution is 2.27. The van der Waals surface area contributed by atoms with E-state index >= 15 is 0 Å². The summed E-state index contributed by atoms with van der Waals surface area (Å²) in [4.78, 5) is 17.9. The van der Waals surface area contributed by atoms with E-state index in [1.54, 1.807) is 12.4 Å². The summed E-state index contributed by atoms with van der Waals surface area (Å²) in [5.74, 6) is 0. The summed E-state index contributed by atoms with van der Waals surface area (Å²) in [6, 6.07) is 5.67. The Kier molecular flexibility index (Phi) is 2.92. The first-order valence-corrected chi connectivity index (χ1v) is 6.65. The molecule has 0 fully saturated rings. The van der Waals surface area contributed by atoms with Crippen LogP contribution < -0.4 is 15.9 Å². The first kappa shape index (κ1) is 11.7. The van der Waals surface area contributed by atoms with Crippen LogP contribution in [0.15, 0.2) is 40.8 Å². The fourth-order valence-corrected chi connectivity index (χ4v) is 2.54. The molecule has 19 heavy (non-hydrogen) atoms. The van der Waals surface area contributed by atoms with Gasteiger partial charge in [0.25, 0.3) is 0 Å². The Labute approximate surface area is 113 Å². The van der Waals surface area contributed by atoms with E-state index in [1.807, 2.05) is 23.6 Å². The average Bonchev–Trinajstić information content (AvgIpc) is 2.84. The summed E-state index contributed by atoms with van der Waals surface area (Å²) in [5, 5.41) is 7.04. The van der Waals surface area contributed by atoms with Gasteiger partial charge in [-0.05, 0) is 18.2 Å². The van der Waals surface area contributed by atoms with Crippen LogP contribution in [-0.2, 0) is 6.54 Å². The van der Waals surface area contributed by atoms with E-state index < -0.39 is 0 Å². The van der Waals surface area contributed by atoms with Crippen molar-refractivity contribution in [2.75, 3.05) is 11.1 Å². The minimum atomic E-state index is -0.0411. The number of anilines is 2. The van der Waals surface area contributed by atoms with Crippen LogP contribution in [0.1, 0.15) is 5.69 Å². The van der Waals surface area contributed by atoms with Crippen LogP contribution in [0.4, 0.5) is 11.4 Å². The third-order valence-corrected chi connectivity index (χ3v) is 3.61. The van der Waals surface area contributed by atoms with Crippen molar-refractivity contribution in [3.8, 4) is 0 Å². The second-order valence-electron chi connectivity index (χ2n) is 4.15. The first-order valence-electron chi connectivity index (χ1n) is 5.77. The maximum Gasteiger partial charge on any atom is 0.304 e. The van der Waals surface area contributed by atoms with Crippen LogP contribution in [0.25, 0.3) is 10.8 Å². The quantitative estimate of drug-likeness (QED) is 0.638. The van der Waals surface area contributed by atoms with Gasteiger partial charge < -0.3 is 16.0 Å². The molecular weight excluding hydrogens is 260 g/mol. The molecule has 0 saturated carbocycles. The molecule has 3 aromatic rings. The number of nitrogens with one attached hydrogen (secondary N) is 2. The summed E-state index contributed by atoms with van der Waals surface area (Å²) < 4.78 is 0. The molecule has 0 radical (unpaired) electrons. The number of pyridine rings is 1. The predicted molar refractivity (Wildman–Crippen MR) is 78.4 cm³/mol. The molecule has 5 nitrogen and oxygen atoms in total. The molecule has 4 N–H and O–H groups in total. The lowest BCUT2D eigenvalue weighted by molar-refractivity contribution is 1.06. The maximum absolute atomic E-state index is 11.1. The number of fused-ring (bicyclic) bond motifs is 1. The van der Waals surface area contributed by atoms with E-state index in [0.717, 1.165) is 39.2 Å². The molecule has 2 heterocycles. The maximum atomic E-state index is 11.1. The number of nitrogen functional groups attached to an aromatic ring is 1. The standard InChI is InChI=1S/C13H12N4OS/c14-11-1-2-12(10-6-15-4-3-9(10)11)16-5-8-7-19-13(18)17-8/h1-4,6-7,16H,5,14H2,(H,17,18). The molecule has 0 aliphatic rings. The monoisotopic (exact) mass is 272 g/mol. The van der Waals surface area contributed by atoms with Gasteiger partial charge in [-0.1, -0.05) is 11.3 Å². The molecule has 0 bridgehead atoms. The lowest BCUT2D eigenvalue weighted by Gasteiger charge is -2.10. The van der Waals surface area contributed by atoms with Gasteiger partial charge in [-0.3, -0.25) is 9.78 Å². The molecule has 0 aliphatic carbocycles. The number of benzene rings is 1. The Morgan fingerprint density at radius 3 is 3.00 bits per heavy atom. The highest BCUT2D eigenvalue weighted by molar-refractivity contribution is 7.07. The third-order valence-electron chi connectivity index (χ3n) is 2.89. The smallest absolute Gasteiger partial charge is 0.304 e. The van der Waals surface area contributed by atoms with Crippen molar-refractivity contribution in [2.24, 2.45) is 0 Å². The summed E-state index contributed by atoms with van der Waals surface area (Å²) >= 11 is 1.16. The number of thiazole rings is 1. The summed E-state index contributed by atoms with van der Waals surface area (Å²) in [5.41, 5.74) is 8.48. The molecule has 0 aliphatic heterocycles. The molecule has 2 aromatic heterocycles. The molecule has 0 atom stereocenters. The van der Waals surface area contributed by atoms with Crippen molar-refractivity contribution in [2.45, 2.75) is 6.54 Å². The molecule has 0 amide bonds. The van der Waals surface area contributed by atoms with Crippen molar-refractivity contribution in [3.05, 3.63) is 51.3 Å². The number of aromatic nitrogens is 2. The van der Waals surface area contributed by atoms with Crippen molar-refractivity contribution < 1.29 is 0 Å². The number of rotatable bonds is 3. The molecule has 0 unspecified atom stereocenters. The van der Waals surface area contributed by atoms with Gasteiger partial charge in [0.2, 0.25) is 0 Å². The van der Waals surface area contributed by atoms with Gasteiger partial charge in [-0.15, -0.1) is 0 Å². The molecule has 0 saturated heterocycles. The average molecular weight is 272 g/mol. The molecular formula is C13H12N4OS. The Balaban J connectivity index is 1.93. The normalized spacial score (nSPS) is 10.7. The zero-order valence-electron chi connectivity index (χ0n) is 10.0. The first-order chi connectivity index (χ1) is 9.24. The Morgan fingerprint density at radius 1 is 1.32 bits per heavy atom. The van der Waals surface area contributed by atoms with Gasteiger partial charge in [-0.2, -0.15) is 0 Å². The van der Waals surface area contributed by atoms with Crippen LogP contribution in [0.2, 0.25) is 0 Å². The van der Waals surface area contributed by atoms with E-state index in [9.17, 15) is 4.79 Å². The predicted octanol–water partition coefficient (Wildman–Crippen LogP) is 2.18. The summed E-state index contributed by atoms with van der Waals surface area (Å²) in [7, 11) is 0. The SMILES string of the molecule is Nc1ccc(NCc2csc(=O)[nH]2)c2cnccc12. The fraction of sp³-hybridized carbons (Fsp3) is 0.0769. The lowest BCUT2D eigenvalue weighted by Crippen LogP contribution is -2.03. The van der Waals surface area contributed by atoms with Gasteiger partial charge in [0.1, 0.15) is 0 Å². The van der Waals surface area contributed by atoms with E-state index in [2.05, 4.69) is 15.3 Å². The number of aromatic amines is 1. The van der Waals surface area contributed by atoms with Gasteiger partial charge in [-0.25, -0.2) is 0 Å². The van der Waals surface area contributed by atoms with Crippen LogP contribution in [0.5, 0.6) is 0 Å². The van der Waals surface area contributed by atoms with Crippen molar-refractivity contribution in [3.63, 3.8) is 0 Å². The van der Waals surface area contributed by atoms with Gasteiger partial charge in [0.05, 0.1) is 6.54 Å². The third kappa shape index (κ3) is 2.30.